The van der Waals surface area contributed by atoms with Gasteiger partial charge >= 0.3 is 0 Å². The minimum atomic E-state index is 0.182. The van der Waals surface area contributed by atoms with E-state index in [2.05, 4.69) is 33.0 Å². The molecule has 2 nitrogen and oxygen atoms in total. The molecule has 0 unspecified atom stereocenters. The number of aromatic nitrogens is 1. The zero-order chi connectivity index (χ0) is 13.9. The zero-order valence-electron chi connectivity index (χ0n) is 12.6. The third-order valence-corrected chi connectivity index (χ3v) is 5.52. The highest BCUT2D eigenvalue weighted by Gasteiger charge is 2.29. The molecule has 0 radical (unpaired) electrons. The van der Waals surface area contributed by atoms with E-state index in [1.807, 2.05) is 23.1 Å². The lowest BCUT2D eigenvalue weighted by molar-refractivity contribution is 0.425. The van der Waals surface area contributed by atoms with Gasteiger partial charge in [-0.1, -0.05) is 6.92 Å². The number of hydrogen-bond donors (Lipinski definition) is 1. The summed E-state index contributed by atoms with van der Waals surface area (Å²) in [7, 11) is 0. The molecular formula is C15H26N2S2. The Morgan fingerprint density at radius 1 is 1.37 bits per heavy atom. The first-order chi connectivity index (χ1) is 8.99. The van der Waals surface area contributed by atoms with Gasteiger partial charge in [0.05, 0.1) is 5.69 Å². The monoisotopic (exact) mass is 298 g/mol. The molecule has 19 heavy (non-hydrogen) atoms. The van der Waals surface area contributed by atoms with E-state index in [4.69, 9.17) is 4.98 Å². The van der Waals surface area contributed by atoms with E-state index in [-0.39, 0.29) is 5.54 Å². The fourth-order valence-electron chi connectivity index (χ4n) is 1.93. The van der Waals surface area contributed by atoms with E-state index in [1.165, 1.54) is 40.6 Å². The van der Waals surface area contributed by atoms with Crippen LogP contribution in [0.3, 0.4) is 0 Å². The van der Waals surface area contributed by atoms with E-state index in [0.29, 0.717) is 0 Å². The van der Waals surface area contributed by atoms with Crippen LogP contribution in [0.4, 0.5) is 0 Å². The van der Waals surface area contributed by atoms with Gasteiger partial charge in [0.25, 0.3) is 0 Å². The molecule has 0 aromatic carbocycles. The first-order valence-corrected chi connectivity index (χ1v) is 9.28. The van der Waals surface area contributed by atoms with Gasteiger partial charge in [-0.25, -0.2) is 4.98 Å². The molecule has 0 spiro atoms. The summed E-state index contributed by atoms with van der Waals surface area (Å²) in [6, 6.07) is 0. The summed E-state index contributed by atoms with van der Waals surface area (Å²) in [5.74, 6) is 3.10. The van der Waals surface area contributed by atoms with Crippen LogP contribution in [0.25, 0.3) is 0 Å². The van der Waals surface area contributed by atoms with E-state index < -0.39 is 0 Å². The van der Waals surface area contributed by atoms with Crippen LogP contribution in [0.2, 0.25) is 0 Å². The molecule has 1 aromatic rings. The Bertz CT molecular complexity index is 403. The van der Waals surface area contributed by atoms with E-state index in [0.717, 1.165) is 18.2 Å². The normalized spacial score (nSPS) is 16.0. The molecule has 108 valence electrons. The molecule has 1 N–H and O–H groups in total. The Kier molecular flexibility index (Phi) is 5.32. The lowest BCUT2D eigenvalue weighted by Gasteiger charge is -2.20. The van der Waals surface area contributed by atoms with Gasteiger partial charge in [-0.2, -0.15) is 11.8 Å². The second kappa shape index (κ2) is 6.59. The van der Waals surface area contributed by atoms with Crippen molar-refractivity contribution >= 4 is 23.1 Å². The molecule has 4 heteroatoms. The Morgan fingerprint density at radius 3 is 2.68 bits per heavy atom. The average molecular weight is 299 g/mol. The number of thiazole rings is 1. The predicted molar refractivity (Wildman–Crippen MR) is 87.1 cm³/mol. The minimum Gasteiger partial charge on any atom is -0.307 e. The van der Waals surface area contributed by atoms with Crippen LogP contribution in [0.15, 0.2) is 0 Å². The number of rotatable bonds is 7. The van der Waals surface area contributed by atoms with Crippen LogP contribution in [0.1, 0.15) is 68.5 Å². The maximum atomic E-state index is 4.90. The topological polar surface area (TPSA) is 24.9 Å². The summed E-state index contributed by atoms with van der Waals surface area (Å²) >= 11 is 3.94. The molecule has 0 atom stereocenters. The molecule has 1 saturated carbocycles. The SMILES string of the molecule is CCCSCc1nc(C2CC2)c(CNC(C)(C)C)s1. The molecule has 2 rings (SSSR count). The Hall–Kier alpha value is -0.0600. The van der Waals surface area contributed by atoms with Crippen LogP contribution in [-0.4, -0.2) is 16.3 Å². The van der Waals surface area contributed by atoms with Gasteiger partial charge in [0, 0.05) is 28.6 Å². The zero-order valence-corrected chi connectivity index (χ0v) is 14.2. The third-order valence-electron chi connectivity index (χ3n) is 3.09. The van der Waals surface area contributed by atoms with Crippen molar-refractivity contribution in [1.29, 1.82) is 0 Å². The lowest BCUT2D eigenvalue weighted by Crippen LogP contribution is -2.35. The molecule has 0 amide bonds. The van der Waals surface area contributed by atoms with E-state index >= 15 is 0 Å². The second-order valence-corrected chi connectivity index (χ2v) is 8.62. The summed E-state index contributed by atoms with van der Waals surface area (Å²) in [5.41, 5.74) is 1.58. The van der Waals surface area contributed by atoms with E-state index in [9.17, 15) is 0 Å². The highest BCUT2D eigenvalue weighted by atomic mass is 32.2. The number of nitrogens with one attached hydrogen (secondary N) is 1. The summed E-state index contributed by atoms with van der Waals surface area (Å²) in [4.78, 5) is 6.38. The number of hydrogen-bond acceptors (Lipinski definition) is 4. The molecule has 0 bridgehead atoms. The standard InChI is InChI=1S/C15H26N2S2/c1-5-8-18-10-13-17-14(11-6-7-11)12(19-13)9-16-15(2,3)4/h11,16H,5-10H2,1-4H3. The highest BCUT2D eigenvalue weighted by molar-refractivity contribution is 7.98. The van der Waals surface area contributed by atoms with Gasteiger partial charge in [0.2, 0.25) is 0 Å². The summed E-state index contributed by atoms with van der Waals surface area (Å²) in [6.45, 7) is 9.89. The molecule has 1 fully saturated rings. The Balaban J connectivity index is 1.99. The fourth-order valence-corrected chi connectivity index (χ4v) is 3.97. The summed E-state index contributed by atoms with van der Waals surface area (Å²) in [5, 5.41) is 4.93. The van der Waals surface area contributed by atoms with Crippen molar-refractivity contribution in [2.75, 3.05) is 5.75 Å². The van der Waals surface area contributed by atoms with Crippen molar-refractivity contribution in [3.63, 3.8) is 0 Å². The van der Waals surface area contributed by atoms with Gasteiger partial charge in [0.1, 0.15) is 5.01 Å². The van der Waals surface area contributed by atoms with Crippen LogP contribution in [0.5, 0.6) is 0 Å². The average Bonchev–Trinajstić information content (AvgIpc) is 3.08. The van der Waals surface area contributed by atoms with Gasteiger partial charge < -0.3 is 5.32 Å². The summed E-state index contributed by atoms with van der Waals surface area (Å²) < 4.78 is 0. The molecule has 1 aromatic heterocycles. The van der Waals surface area contributed by atoms with E-state index in [1.54, 1.807) is 0 Å². The van der Waals surface area contributed by atoms with Crippen LogP contribution in [-0.2, 0) is 12.3 Å². The van der Waals surface area contributed by atoms with Crippen molar-refractivity contribution in [1.82, 2.24) is 10.3 Å². The van der Waals surface area contributed by atoms with Crippen LogP contribution in [0, 0.1) is 0 Å². The van der Waals surface area contributed by atoms with Crippen molar-refractivity contribution < 1.29 is 0 Å². The fraction of sp³-hybridized carbons (Fsp3) is 0.800. The predicted octanol–water partition coefficient (Wildman–Crippen LogP) is 4.55. The third kappa shape index (κ3) is 5.09. The molecular weight excluding hydrogens is 272 g/mol. The van der Waals surface area contributed by atoms with Gasteiger partial charge in [-0.3, -0.25) is 0 Å². The van der Waals surface area contributed by atoms with Crippen LogP contribution >= 0.6 is 23.1 Å². The maximum Gasteiger partial charge on any atom is 0.103 e. The van der Waals surface area contributed by atoms with Gasteiger partial charge in [-0.15, -0.1) is 11.3 Å². The summed E-state index contributed by atoms with van der Waals surface area (Å²) in [6.07, 6.45) is 3.94. The first-order valence-electron chi connectivity index (χ1n) is 7.31. The maximum absolute atomic E-state index is 4.90. The number of thioether (sulfide) groups is 1. The largest absolute Gasteiger partial charge is 0.307 e. The highest BCUT2D eigenvalue weighted by Crippen LogP contribution is 2.43. The quantitative estimate of drug-likeness (QED) is 0.747. The molecule has 0 saturated heterocycles. The van der Waals surface area contributed by atoms with Gasteiger partial charge in [-0.05, 0) is 45.8 Å². The van der Waals surface area contributed by atoms with Gasteiger partial charge in [0.15, 0.2) is 0 Å². The Labute approximate surface area is 125 Å². The lowest BCUT2D eigenvalue weighted by atomic mass is 10.1. The smallest absolute Gasteiger partial charge is 0.103 e. The molecule has 0 aliphatic heterocycles. The Morgan fingerprint density at radius 2 is 2.11 bits per heavy atom. The molecule has 1 aliphatic carbocycles. The van der Waals surface area contributed by atoms with Crippen LogP contribution < -0.4 is 5.32 Å². The van der Waals surface area contributed by atoms with Crippen molar-refractivity contribution in [2.45, 2.75) is 70.7 Å². The minimum absolute atomic E-state index is 0.182. The number of nitrogens with zero attached hydrogens (tertiary/aromatic N) is 1. The van der Waals surface area contributed by atoms with Crippen molar-refractivity contribution in [3.8, 4) is 0 Å². The molecule has 1 heterocycles. The van der Waals surface area contributed by atoms with Crippen molar-refractivity contribution in [3.05, 3.63) is 15.6 Å². The first kappa shape index (κ1) is 15.3. The van der Waals surface area contributed by atoms with Crippen molar-refractivity contribution in [2.24, 2.45) is 0 Å². The second-order valence-electron chi connectivity index (χ2n) is 6.35. The molecule has 1 aliphatic rings.